The molecule has 114 valence electrons. The molecule has 0 fully saturated rings. The highest BCUT2D eigenvalue weighted by molar-refractivity contribution is 6.31. The maximum Gasteiger partial charge on any atom is 0.415 e. The minimum atomic E-state index is -4.63. The third-order valence-corrected chi connectivity index (χ3v) is 2.61. The van der Waals surface area contributed by atoms with Gasteiger partial charge in [-0.15, -0.1) is 10.2 Å². The number of nitrogens with one attached hydrogen (secondary N) is 1. The lowest BCUT2D eigenvalue weighted by atomic mass is 10.3. The summed E-state index contributed by atoms with van der Waals surface area (Å²) in [5.74, 6) is 0.217. The van der Waals surface area contributed by atoms with Gasteiger partial charge in [0.1, 0.15) is 0 Å². The van der Waals surface area contributed by atoms with Gasteiger partial charge in [0.15, 0.2) is 17.1 Å². The van der Waals surface area contributed by atoms with E-state index in [1.807, 2.05) is 0 Å². The van der Waals surface area contributed by atoms with Gasteiger partial charge in [-0.25, -0.2) is 0 Å². The summed E-state index contributed by atoms with van der Waals surface area (Å²) in [7, 11) is 1.62. The van der Waals surface area contributed by atoms with Crippen molar-refractivity contribution in [2.24, 2.45) is 0 Å². The Kier molecular flexibility index (Phi) is 5.72. The van der Waals surface area contributed by atoms with Crippen LogP contribution in [-0.2, 0) is 0 Å². The SMILES string of the molecule is CN(CCNC[C@@H](O)C(F)(F)F)c1nnc(Cl)c(N)n1. The first-order valence-electron chi connectivity index (χ1n) is 5.54. The van der Waals surface area contributed by atoms with Crippen LogP contribution in [0.5, 0.6) is 0 Å². The largest absolute Gasteiger partial charge is 0.415 e. The predicted octanol–water partition coefficient (Wildman–Crippen LogP) is 0.0562. The minimum absolute atomic E-state index is 0.0176. The molecule has 0 spiro atoms. The molecule has 0 unspecified atom stereocenters. The minimum Gasteiger partial charge on any atom is -0.382 e. The van der Waals surface area contributed by atoms with E-state index in [1.165, 1.54) is 4.90 Å². The predicted molar refractivity (Wildman–Crippen MR) is 67.5 cm³/mol. The number of hydrogen-bond donors (Lipinski definition) is 3. The molecule has 0 aliphatic heterocycles. The van der Waals surface area contributed by atoms with Crippen LogP contribution in [0.1, 0.15) is 0 Å². The second-order valence-corrected chi connectivity index (χ2v) is 4.33. The first-order chi connectivity index (χ1) is 9.21. The zero-order valence-corrected chi connectivity index (χ0v) is 11.3. The first kappa shape index (κ1) is 16.7. The lowest BCUT2D eigenvalue weighted by Gasteiger charge is -2.18. The molecule has 0 saturated carbocycles. The van der Waals surface area contributed by atoms with Crippen LogP contribution in [0.25, 0.3) is 0 Å². The fourth-order valence-corrected chi connectivity index (χ4v) is 1.26. The molecule has 1 rings (SSSR count). The monoisotopic (exact) mass is 314 g/mol. The Balaban J connectivity index is 2.37. The molecule has 20 heavy (non-hydrogen) atoms. The lowest BCUT2D eigenvalue weighted by molar-refractivity contribution is -0.201. The number of aliphatic hydroxyl groups excluding tert-OH is 1. The number of nitrogens with zero attached hydrogens (tertiary/aromatic N) is 4. The van der Waals surface area contributed by atoms with E-state index in [9.17, 15) is 13.2 Å². The molecule has 11 heteroatoms. The molecular weight excluding hydrogens is 301 g/mol. The average Bonchev–Trinajstić information content (AvgIpc) is 2.36. The molecule has 0 radical (unpaired) electrons. The molecule has 0 aliphatic carbocycles. The second-order valence-electron chi connectivity index (χ2n) is 3.97. The van der Waals surface area contributed by atoms with Crippen LogP contribution in [0, 0.1) is 0 Å². The number of hydrogen-bond acceptors (Lipinski definition) is 7. The fourth-order valence-electron chi connectivity index (χ4n) is 1.18. The van der Waals surface area contributed by atoms with Gasteiger partial charge in [-0.1, -0.05) is 11.6 Å². The Labute approximate surface area is 117 Å². The van der Waals surface area contributed by atoms with Crippen molar-refractivity contribution >= 4 is 23.4 Å². The Hall–Kier alpha value is -1.39. The van der Waals surface area contributed by atoms with Gasteiger partial charge < -0.3 is 21.1 Å². The van der Waals surface area contributed by atoms with E-state index in [0.717, 1.165) is 0 Å². The van der Waals surface area contributed by atoms with Crippen LogP contribution < -0.4 is 16.0 Å². The molecule has 1 aromatic heterocycles. The van der Waals surface area contributed by atoms with Gasteiger partial charge in [0, 0.05) is 26.7 Å². The van der Waals surface area contributed by atoms with E-state index in [4.69, 9.17) is 22.4 Å². The number of anilines is 2. The standard InChI is InChI=1S/C9H14ClF3N6O/c1-19(8-16-7(14)6(10)17-18-8)3-2-15-4-5(20)9(11,12)13/h5,15,20H,2-4H2,1H3,(H2,14,16,18)/t5-/m1/s1. The molecule has 1 heterocycles. The van der Waals surface area contributed by atoms with Crippen LogP contribution in [-0.4, -0.2) is 59.3 Å². The molecule has 0 aromatic carbocycles. The van der Waals surface area contributed by atoms with Gasteiger partial charge in [-0.05, 0) is 0 Å². The van der Waals surface area contributed by atoms with Crippen LogP contribution in [0.4, 0.5) is 24.9 Å². The third-order valence-electron chi connectivity index (χ3n) is 2.34. The summed E-state index contributed by atoms with van der Waals surface area (Å²) in [5.41, 5.74) is 5.45. The van der Waals surface area contributed by atoms with Crippen molar-refractivity contribution in [2.75, 3.05) is 37.3 Å². The fraction of sp³-hybridized carbons (Fsp3) is 0.667. The Morgan fingerprint density at radius 1 is 1.45 bits per heavy atom. The van der Waals surface area contributed by atoms with Crippen molar-refractivity contribution in [3.8, 4) is 0 Å². The van der Waals surface area contributed by atoms with E-state index in [2.05, 4.69) is 20.5 Å². The highest BCUT2D eigenvalue weighted by Gasteiger charge is 2.37. The van der Waals surface area contributed by atoms with Crippen molar-refractivity contribution in [1.29, 1.82) is 0 Å². The van der Waals surface area contributed by atoms with Crippen LogP contribution in [0.15, 0.2) is 0 Å². The number of aromatic nitrogens is 3. The molecule has 0 amide bonds. The first-order valence-corrected chi connectivity index (χ1v) is 5.92. The normalized spacial score (nSPS) is 13.3. The van der Waals surface area contributed by atoms with Gasteiger partial charge in [0.2, 0.25) is 5.95 Å². The van der Waals surface area contributed by atoms with Crippen molar-refractivity contribution in [3.63, 3.8) is 0 Å². The van der Waals surface area contributed by atoms with Gasteiger partial charge >= 0.3 is 6.18 Å². The van der Waals surface area contributed by atoms with Gasteiger partial charge in [0.25, 0.3) is 0 Å². The van der Waals surface area contributed by atoms with Gasteiger partial charge in [-0.2, -0.15) is 18.2 Å². The summed E-state index contributed by atoms with van der Waals surface area (Å²) in [6, 6.07) is 0. The molecule has 0 aliphatic rings. The summed E-state index contributed by atoms with van der Waals surface area (Å²) in [4.78, 5) is 5.40. The number of alkyl halides is 3. The average molecular weight is 315 g/mol. The maximum atomic E-state index is 12.0. The van der Waals surface area contributed by atoms with Crippen molar-refractivity contribution < 1.29 is 18.3 Å². The third kappa shape index (κ3) is 4.94. The van der Waals surface area contributed by atoms with Gasteiger partial charge in [0.05, 0.1) is 0 Å². The van der Waals surface area contributed by atoms with E-state index >= 15 is 0 Å². The Morgan fingerprint density at radius 3 is 2.65 bits per heavy atom. The number of rotatable bonds is 6. The summed E-state index contributed by atoms with van der Waals surface area (Å²) < 4.78 is 36.1. The van der Waals surface area contributed by atoms with E-state index in [0.29, 0.717) is 6.54 Å². The molecule has 1 atom stereocenters. The van der Waals surface area contributed by atoms with E-state index < -0.39 is 18.8 Å². The number of nitrogen functional groups attached to an aromatic ring is 1. The van der Waals surface area contributed by atoms with E-state index in [-0.39, 0.29) is 23.5 Å². The highest BCUT2D eigenvalue weighted by atomic mass is 35.5. The van der Waals surface area contributed by atoms with Crippen molar-refractivity contribution in [3.05, 3.63) is 5.15 Å². The Bertz CT molecular complexity index is 446. The molecule has 0 bridgehead atoms. The number of likely N-dealkylation sites (N-methyl/N-ethyl adjacent to an activating group) is 1. The summed E-state index contributed by atoms with van der Waals surface area (Å²) in [6.07, 6.45) is -7.02. The Morgan fingerprint density at radius 2 is 2.10 bits per heavy atom. The number of halogens is 4. The second kappa shape index (κ2) is 6.86. The van der Waals surface area contributed by atoms with Crippen molar-refractivity contribution in [2.45, 2.75) is 12.3 Å². The van der Waals surface area contributed by atoms with Gasteiger partial charge in [-0.3, -0.25) is 0 Å². The van der Waals surface area contributed by atoms with Crippen LogP contribution in [0.2, 0.25) is 5.15 Å². The topological polar surface area (TPSA) is 100 Å². The molecule has 4 N–H and O–H groups in total. The molecular formula is C9H14ClF3N6O. The highest BCUT2D eigenvalue weighted by Crippen LogP contribution is 2.19. The lowest BCUT2D eigenvalue weighted by Crippen LogP contribution is -2.40. The van der Waals surface area contributed by atoms with Crippen molar-refractivity contribution in [1.82, 2.24) is 20.5 Å². The maximum absolute atomic E-state index is 12.0. The van der Waals surface area contributed by atoms with Crippen LogP contribution in [0.3, 0.4) is 0 Å². The molecule has 0 saturated heterocycles. The summed E-state index contributed by atoms with van der Waals surface area (Å²) >= 11 is 5.56. The zero-order chi connectivity index (χ0) is 15.3. The van der Waals surface area contributed by atoms with Crippen LogP contribution >= 0.6 is 11.6 Å². The zero-order valence-electron chi connectivity index (χ0n) is 10.5. The number of nitrogens with two attached hydrogens (primary N) is 1. The summed E-state index contributed by atoms with van der Waals surface area (Å²) in [5, 5.41) is 18.5. The molecule has 1 aromatic rings. The quantitative estimate of drug-likeness (QED) is 0.638. The smallest absolute Gasteiger partial charge is 0.382 e. The molecule has 7 nitrogen and oxygen atoms in total. The number of aliphatic hydroxyl groups is 1. The van der Waals surface area contributed by atoms with E-state index in [1.54, 1.807) is 7.05 Å². The summed E-state index contributed by atoms with van der Waals surface area (Å²) in [6.45, 7) is -0.0952.